The molecule has 1 heterocycles. The van der Waals surface area contributed by atoms with E-state index in [1.165, 1.54) is 0 Å². The van der Waals surface area contributed by atoms with E-state index in [4.69, 9.17) is 0 Å². The van der Waals surface area contributed by atoms with Crippen molar-refractivity contribution >= 4 is 11.6 Å². The molecule has 0 aliphatic heterocycles. The summed E-state index contributed by atoms with van der Waals surface area (Å²) in [6.45, 7) is 12.6. The molecule has 0 aliphatic rings. The van der Waals surface area contributed by atoms with Crippen molar-refractivity contribution in [1.29, 1.82) is 0 Å². The van der Waals surface area contributed by atoms with Gasteiger partial charge in [-0.25, -0.2) is 4.68 Å². The topological polar surface area (TPSA) is 34.0 Å². The van der Waals surface area contributed by atoms with E-state index in [9.17, 15) is 0 Å². The summed E-state index contributed by atoms with van der Waals surface area (Å²) in [7, 11) is 3.89. The third kappa shape index (κ3) is 2.43. The van der Waals surface area contributed by atoms with Gasteiger partial charge in [0.05, 0.1) is 0 Å². The molecule has 4 nitrogen and oxygen atoms in total. The van der Waals surface area contributed by atoms with Crippen LogP contribution in [0.25, 0.3) is 5.70 Å². The molecule has 0 atom stereocenters. The summed E-state index contributed by atoms with van der Waals surface area (Å²) in [6, 6.07) is 0. The molecule has 0 N–H and O–H groups in total. The van der Waals surface area contributed by atoms with Gasteiger partial charge in [0.2, 0.25) is 5.95 Å². The highest BCUT2D eigenvalue weighted by Gasteiger charge is 2.21. The van der Waals surface area contributed by atoms with Gasteiger partial charge in [-0.15, -0.1) is 5.10 Å². The zero-order valence-corrected chi connectivity index (χ0v) is 11.2. The van der Waals surface area contributed by atoms with Crippen molar-refractivity contribution in [2.45, 2.75) is 34.1 Å². The molecule has 0 aliphatic carbocycles. The van der Waals surface area contributed by atoms with Crippen molar-refractivity contribution in [3.63, 3.8) is 0 Å². The molecule has 1 rings (SSSR count). The molecule has 0 amide bonds. The minimum Gasteiger partial charge on any atom is -0.346 e. The molecule has 0 aromatic carbocycles. The SMILES string of the molecule is C=C(n1nc(N(C)C)nc1CC)C(C)(C)C. The largest absolute Gasteiger partial charge is 0.346 e. The number of aromatic nitrogens is 3. The normalized spacial score (nSPS) is 11.6. The Hall–Kier alpha value is -1.32. The molecule has 0 spiro atoms. The third-order valence-corrected chi connectivity index (χ3v) is 2.50. The van der Waals surface area contributed by atoms with E-state index in [1.54, 1.807) is 0 Å². The van der Waals surface area contributed by atoms with Crippen LogP contribution in [0.5, 0.6) is 0 Å². The molecule has 0 unspecified atom stereocenters. The van der Waals surface area contributed by atoms with Gasteiger partial charge in [0, 0.05) is 31.6 Å². The van der Waals surface area contributed by atoms with Crippen LogP contribution in [0, 0.1) is 5.41 Å². The number of hydrogen-bond donors (Lipinski definition) is 0. The van der Waals surface area contributed by atoms with Crippen LogP contribution < -0.4 is 4.90 Å². The lowest BCUT2D eigenvalue weighted by Crippen LogP contribution is -2.17. The van der Waals surface area contributed by atoms with Gasteiger partial charge in [-0.3, -0.25) is 0 Å². The van der Waals surface area contributed by atoms with Crippen molar-refractivity contribution in [3.8, 4) is 0 Å². The maximum absolute atomic E-state index is 4.48. The second-order valence-corrected chi connectivity index (χ2v) is 5.18. The minimum absolute atomic E-state index is 0.00119. The maximum Gasteiger partial charge on any atom is 0.244 e. The van der Waals surface area contributed by atoms with E-state index in [-0.39, 0.29) is 5.41 Å². The molecule has 1 aromatic heterocycles. The van der Waals surface area contributed by atoms with Crippen LogP contribution in [0.15, 0.2) is 6.58 Å². The predicted molar refractivity (Wildman–Crippen MR) is 68.5 cm³/mol. The molecular weight excluding hydrogens is 200 g/mol. The first-order chi connectivity index (χ1) is 7.27. The average Bonchev–Trinajstić information content (AvgIpc) is 2.58. The van der Waals surface area contributed by atoms with Gasteiger partial charge in [0.25, 0.3) is 0 Å². The monoisotopic (exact) mass is 222 g/mol. The van der Waals surface area contributed by atoms with Gasteiger partial charge >= 0.3 is 0 Å². The molecule has 0 bridgehead atoms. The van der Waals surface area contributed by atoms with Gasteiger partial charge in [-0.05, 0) is 0 Å². The van der Waals surface area contributed by atoms with Gasteiger partial charge in [-0.1, -0.05) is 34.3 Å². The highest BCUT2D eigenvalue weighted by Crippen LogP contribution is 2.28. The first kappa shape index (κ1) is 12.7. The fourth-order valence-corrected chi connectivity index (χ4v) is 1.28. The van der Waals surface area contributed by atoms with Crippen LogP contribution in [-0.4, -0.2) is 28.9 Å². The second-order valence-electron chi connectivity index (χ2n) is 5.18. The second kappa shape index (κ2) is 4.28. The molecule has 0 saturated carbocycles. The Morgan fingerprint density at radius 1 is 1.38 bits per heavy atom. The summed E-state index contributed by atoms with van der Waals surface area (Å²) >= 11 is 0. The Morgan fingerprint density at radius 3 is 2.31 bits per heavy atom. The van der Waals surface area contributed by atoms with Crippen molar-refractivity contribution < 1.29 is 0 Å². The fraction of sp³-hybridized carbons (Fsp3) is 0.667. The summed E-state index contributed by atoms with van der Waals surface area (Å²) in [5.41, 5.74) is 0.978. The van der Waals surface area contributed by atoms with E-state index in [1.807, 2.05) is 23.7 Å². The number of nitrogens with zero attached hydrogens (tertiary/aromatic N) is 4. The van der Waals surface area contributed by atoms with Gasteiger partial charge < -0.3 is 4.90 Å². The summed E-state index contributed by atoms with van der Waals surface area (Å²) < 4.78 is 1.87. The lowest BCUT2D eigenvalue weighted by Gasteiger charge is -2.22. The van der Waals surface area contributed by atoms with Crippen LogP contribution in [0.4, 0.5) is 5.95 Å². The van der Waals surface area contributed by atoms with Crippen LogP contribution in [0.3, 0.4) is 0 Å². The first-order valence-electron chi connectivity index (χ1n) is 5.60. The lowest BCUT2D eigenvalue weighted by molar-refractivity contribution is 0.523. The summed E-state index contributed by atoms with van der Waals surface area (Å²) in [4.78, 5) is 6.39. The van der Waals surface area contributed by atoms with Crippen LogP contribution >= 0.6 is 0 Å². The summed E-state index contributed by atoms with van der Waals surface area (Å²) in [6.07, 6.45) is 0.857. The van der Waals surface area contributed by atoms with Crippen LogP contribution in [-0.2, 0) is 6.42 Å². The molecule has 4 heteroatoms. The van der Waals surface area contributed by atoms with Crippen molar-refractivity contribution in [2.75, 3.05) is 19.0 Å². The Labute approximate surface area is 98.0 Å². The molecule has 0 fully saturated rings. The zero-order chi connectivity index (χ0) is 12.5. The Bertz CT molecular complexity index is 382. The summed E-state index contributed by atoms with van der Waals surface area (Å²) in [5.74, 6) is 1.70. The van der Waals surface area contributed by atoms with Crippen molar-refractivity contribution in [2.24, 2.45) is 5.41 Å². The third-order valence-electron chi connectivity index (χ3n) is 2.50. The lowest BCUT2D eigenvalue weighted by atomic mass is 9.93. The summed E-state index contributed by atoms with van der Waals surface area (Å²) in [5, 5.41) is 4.48. The zero-order valence-electron chi connectivity index (χ0n) is 11.2. The quantitative estimate of drug-likeness (QED) is 0.787. The molecule has 16 heavy (non-hydrogen) atoms. The van der Waals surface area contributed by atoms with Crippen molar-refractivity contribution in [3.05, 3.63) is 12.4 Å². The highest BCUT2D eigenvalue weighted by molar-refractivity contribution is 5.48. The predicted octanol–water partition coefficient (Wildman–Crippen LogP) is 2.42. The van der Waals surface area contributed by atoms with E-state index >= 15 is 0 Å². The van der Waals surface area contributed by atoms with E-state index < -0.39 is 0 Å². The Balaban J connectivity index is 3.18. The number of rotatable bonds is 3. The van der Waals surface area contributed by atoms with Crippen molar-refractivity contribution in [1.82, 2.24) is 14.8 Å². The maximum atomic E-state index is 4.48. The molecule has 0 saturated heterocycles. The molecular formula is C12H22N4. The number of allylic oxidation sites excluding steroid dienone is 1. The van der Waals surface area contributed by atoms with E-state index in [2.05, 4.69) is 44.4 Å². The molecule has 0 radical (unpaired) electrons. The number of aryl methyl sites for hydroxylation is 1. The highest BCUT2D eigenvalue weighted by atomic mass is 15.4. The molecule has 1 aromatic rings. The smallest absolute Gasteiger partial charge is 0.244 e. The van der Waals surface area contributed by atoms with Gasteiger partial charge in [-0.2, -0.15) is 4.98 Å². The number of anilines is 1. The average molecular weight is 222 g/mol. The number of hydrogen-bond acceptors (Lipinski definition) is 3. The Morgan fingerprint density at radius 2 is 1.94 bits per heavy atom. The first-order valence-corrected chi connectivity index (χ1v) is 5.60. The van der Waals surface area contributed by atoms with Crippen LogP contribution in [0.1, 0.15) is 33.5 Å². The fourth-order valence-electron chi connectivity index (χ4n) is 1.28. The van der Waals surface area contributed by atoms with Gasteiger partial charge in [0.15, 0.2) is 0 Å². The van der Waals surface area contributed by atoms with E-state index in [0.29, 0.717) is 0 Å². The van der Waals surface area contributed by atoms with Crippen LogP contribution in [0.2, 0.25) is 0 Å². The molecule has 90 valence electrons. The minimum atomic E-state index is 0.00119. The standard InChI is InChI=1S/C12H22N4/c1-8-10-13-11(15(6)7)14-16(10)9(2)12(3,4)5/h2,8H2,1,3-7H3. The van der Waals surface area contributed by atoms with E-state index in [0.717, 1.165) is 23.9 Å². The van der Waals surface area contributed by atoms with Gasteiger partial charge in [0.1, 0.15) is 5.82 Å². The Kier molecular flexibility index (Phi) is 3.41.